The third-order valence-electron chi connectivity index (χ3n) is 10.8. The highest BCUT2D eigenvalue weighted by Crippen LogP contribution is 2.43. The molecule has 2 aliphatic carbocycles. The van der Waals surface area contributed by atoms with E-state index in [2.05, 4.69) is 55.4 Å². The predicted octanol–water partition coefficient (Wildman–Crippen LogP) is 9.03. The molecule has 6 atom stereocenters. The zero-order valence-corrected chi connectivity index (χ0v) is 27.0. The molecule has 0 saturated heterocycles. The second-order valence-corrected chi connectivity index (χ2v) is 22.5. The molecule has 2 fully saturated rings. The lowest BCUT2D eigenvalue weighted by atomic mass is 9.83. The Balaban J connectivity index is 2.35. The quantitative estimate of drug-likeness (QED) is 0.188. The highest BCUT2D eigenvalue weighted by Gasteiger charge is 2.49. The molecule has 0 radical (unpaired) electrons. The van der Waals surface area contributed by atoms with Gasteiger partial charge < -0.3 is 14.2 Å². The normalized spacial score (nSPS) is 28.1. The Morgan fingerprint density at radius 2 is 0.829 bits per heavy atom. The Morgan fingerprint density at radius 1 is 0.514 bits per heavy atom. The standard InChI is InChI=1S/C30H62O3Si2/c1-9-31-29(34(11-3,12-4)13-5)25-21-17-19-23-27(25)33-28-24-20-18-22-26(28)30(32-10-2)35(14-6,15-7)16-8/h25-30H,9-24H2,1-8H3. The van der Waals surface area contributed by atoms with Crippen molar-refractivity contribution in [2.24, 2.45) is 11.8 Å². The number of rotatable bonds is 16. The van der Waals surface area contributed by atoms with Crippen LogP contribution in [-0.2, 0) is 14.2 Å². The minimum atomic E-state index is -1.48. The van der Waals surface area contributed by atoms with Gasteiger partial charge in [0.2, 0.25) is 0 Å². The number of hydrogen-bond acceptors (Lipinski definition) is 3. The van der Waals surface area contributed by atoms with Gasteiger partial charge in [-0.25, -0.2) is 0 Å². The van der Waals surface area contributed by atoms with Crippen molar-refractivity contribution in [3.05, 3.63) is 0 Å². The number of ether oxygens (including phenoxy) is 3. The van der Waals surface area contributed by atoms with Crippen LogP contribution in [0.25, 0.3) is 0 Å². The van der Waals surface area contributed by atoms with Crippen molar-refractivity contribution in [1.29, 1.82) is 0 Å². The summed E-state index contributed by atoms with van der Waals surface area (Å²) in [5.74, 6) is 1.18. The first-order valence-corrected chi connectivity index (χ1v) is 21.2. The van der Waals surface area contributed by atoms with E-state index in [4.69, 9.17) is 14.2 Å². The van der Waals surface area contributed by atoms with Gasteiger partial charge in [0.1, 0.15) is 0 Å². The average molecular weight is 527 g/mol. The van der Waals surface area contributed by atoms with Gasteiger partial charge in [-0.1, -0.05) is 103 Å². The van der Waals surface area contributed by atoms with Crippen LogP contribution in [0.3, 0.4) is 0 Å². The van der Waals surface area contributed by atoms with Crippen molar-refractivity contribution < 1.29 is 14.2 Å². The Hall–Kier alpha value is 0.314. The molecular formula is C30H62O3Si2. The lowest BCUT2D eigenvalue weighted by Crippen LogP contribution is -2.57. The Bertz CT molecular complexity index is 499. The molecule has 0 heterocycles. The molecule has 208 valence electrons. The Morgan fingerprint density at radius 3 is 1.11 bits per heavy atom. The fourth-order valence-corrected chi connectivity index (χ4v) is 17.1. The molecule has 0 aromatic rings. The summed E-state index contributed by atoms with van der Waals surface area (Å²) >= 11 is 0. The maximum atomic E-state index is 7.35. The molecule has 0 aromatic heterocycles. The van der Waals surface area contributed by atoms with Gasteiger partial charge in [-0.05, 0) is 39.5 Å². The predicted molar refractivity (Wildman–Crippen MR) is 158 cm³/mol. The molecule has 5 heteroatoms. The molecule has 2 aliphatic rings. The van der Waals surface area contributed by atoms with Gasteiger partial charge in [-0.2, -0.15) is 0 Å². The first kappa shape index (κ1) is 31.5. The van der Waals surface area contributed by atoms with Crippen LogP contribution in [0.4, 0.5) is 0 Å². The van der Waals surface area contributed by atoms with Crippen LogP contribution in [0.1, 0.15) is 107 Å². The van der Waals surface area contributed by atoms with E-state index in [1.165, 1.54) is 87.6 Å². The highest BCUT2D eigenvalue weighted by molar-refractivity contribution is 6.81. The van der Waals surface area contributed by atoms with Crippen LogP contribution in [-0.4, -0.2) is 53.0 Å². The molecule has 0 amide bonds. The average Bonchev–Trinajstić information content (AvgIpc) is 2.91. The maximum absolute atomic E-state index is 7.35. The van der Waals surface area contributed by atoms with Gasteiger partial charge >= 0.3 is 0 Å². The molecule has 2 rings (SSSR count). The minimum Gasteiger partial charge on any atom is -0.381 e. The van der Waals surface area contributed by atoms with Crippen molar-refractivity contribution in [3.8, 4) is 0 Å². The van der Waals surface area contributed by atoms with E-state index >= 15 is 0 Å². The topological polar surface area (TPSA) is 27.7 Å². The fourth-order valence-electron chi connectivity index (χ4n) is 8.08. The minimum absolute atomic E-state index is 0.380. The summed E-state index contributed by atoms with van der Waals surface area (Å²) in [7, 11) is -2.96. The van der Waals surface area contributed by atoms with Crippen LogP contribution >= 0.6 is 0 Å². The third kappa shape index (κ3) is 7.25. The molecule has 0 bridgehead atoms. The summed E-state index contributed by atoms with van der Waals surface area (Å²) in [6.45, 7) is 20.8. The van der Waals surface area contributed by atoms with E-state index in [-0.39, 0.29) is 0 Å². The van der Waals surface area contributed by atoms with Crippen LogP contribution in [0.5, 0.6) is 0 Å². The van der Waals surface area contributed by atoms with E-state index in [9.17, 15) is 0 Å². The van der Waals surface area contributed by atoms with E-state index < -0.39 is 16.1 Å². The molecule has 0 aromatic carbocycles. The molecule has 0 aliphatic heterocycles. The summed E-state index contributed by atoms with van der Waals surface area (Å²) in [6, 6.07) is 8.02. The molecule has 0 N–H and O–H groups in total. The van der Waals surface area contributed by atoms with E-state index in [0.717, 1.165) is 13.2 Å². The van der Waals surface area contributed by atoms with E-state index in [1.807, 2.05) is 0 Å². The van der Waals surface area contributed by atoms with E-state index in [0.29, 0.717) is 35.5 Å². The molecular weight excluding hydrogens is 464 g/mol. The lowest BCUT2D eigenvalue weighted by molar-refractivity contribution is -0.131. The van der Waals surface area contributed by atoms with Crippen LogP contribution in [0, 0.1) is 11.8 Å². The van der Waals surface area contributed by atoms with Crippen molar-refractivity contribution in [1.82, 2.24) is 0 Å². The highest BCUT2D eigenvalue weighted by atomic mass is 28.3. The second-order valence-electron chi connectivity index (χ2n) is 11.7. The molecule has 3 nitrogen and oxygen atoms in total. The Labute approximate surface area is 221 Å². The van der Waals surface area contributed by atoms with Gasteiger partial charge in [-0.15, -0.1) is 0 Å². The van der Waals surface area contributed by atoms with Crippen LogP contribution in [0.15, 0.2) is 0 Å². The van der Waals surface area contributed by atoms with Crippen molar-refractivity contribution >= 4 is 16.1 Å². The third-order valence-corrected chi connectivity index (χ3v) is 22.8. The summed E-state index contributed by atoms with van der Waals surface area (Å²) in [4.78, 5) is 0. The van der Waals surface area contributed by atoms with Crippen LogP contribution < -0.4 is 0 Å². The molecule has 0 spiro atoms. The molecule has 6 unspecified atom stereocenters. The van der Waals surface area contributed by atoms with Gasteiger partial charge in [-0.3, -0.25) is 0 Å². The first-order chi connectivity index (χ1) is 17.0. The Kier molecular flexibility index (Phi) is 14.1. The lowest BCUT2D eigenvalue weighted by Gasteiger charge is -2.49. The zero-order chi connectivity index (χ0) is 25.9. The largest absolute Gasteiger partial charge is 0.381 e. The molecule has 2 saturated carbocycles. The summed E-state index contributed by atoms with van der Waals surface area (Å²) in [5, 5.41) is 0. The SMILES string of the molecule is CCOC(C1CCCCC1OC1CCCCC1C(OCC)[Si](CC)(CC)CC)[Si](CC)(CC)CC. The van der Waals surface area contributed by atoms with Crippen molar-refractivity contribution in [2.75, 3.05) is 13.2 Å². The first-order valence-electron chi connectivity index (χ1n) is 15.8. The van der Waals surface area contributed by atoms with Crippen molar-refractivity contribution in [3.63, 3.8) is 0 Å². The van der Waals surface area contributed by atoms with Crippen LogP contribution in [0.2, 0.25) is 36.3 Å². The zero-order valence-electron chi connectivity index (χ0n) is 25.0. The summed E-state index contributed by atoms with van der Waals surface area (Å²) in [5.41, 5.74) is 0.913. The second kappa shape index (κ2) is 15.7. The summed E-state index contributed by atoms with van der Waals surface area (Å²) < 4.78 is 20.8. The smallest absolute Gasteiger partial charge is 0.0873 e. The van der Waals surface area contributed by atoms with Crippen molar-refractivity contribution in [2.45, 2.75) is 167 Å². The van der Waals surface area contributed by atoms with Gasteiger partial charge in [0.25, 0.3) is 0 Å². The maximum Gasteiger partial charge on any atom is 0.0873 e. The summed E-state index contributed by atoms with van der Waals surface area (Å²) in [6.07, 6.45) is 11.2. The monoisotopic (exact) mass is 526 g/mol. The fraction of sp³-hybridized carbons (Fsp3) is 1.00. The van der Waals surface area contributed by atoms with Gasteiger partial charge in [0.05, 0.1) is 39.8 Å². The van der Waals surface area contributed by atoms with Gasteiger partial charge in [0.15, 0.2) is 0 Å². The van der Waals surface area contributed by atoms with E-state index in [1.54, 1.807) is 0 Å². The van der Waals surface area contributed by atoms with Gasteiger partial charge in [0, 0.05) is 25.0 Å². The molecule has 35 heavy (non-hydrogen) atoms. The number of hydrogen-bond donors (Lipinski definition) is 0.